The van der Waals surface area contributed by atoms with Gasteiger partial charge in [-0.2, -0.15) is 13.2 Å². The average Bonchev–Trinajstić information content (AvgIpc) is 3.30. The lowest BCUT2D eigenvalue weighted by atomic mass is 9.92. The van der Waals surface area contributed by atoms with Crippen LogP contribution in [0, 0.1) is 17.8 Å². The van der Waals surface area contributed by atoms with Crippen LogP contribution in [0.25, 0.3) is 0 Å². The van der Waals surface area contributed by atoms with Gasteiger partial charge in [0.05, 0.1) is 11.5 Å². The summed E-state index contributed by atoms with van der Waals surface area (Å²) < 4.78 is 43.8. The van der Waals surface area contributed by atoms with Gasteiger partial charge in [0.15, 0.2) is 6.61 Å². The van der Waals surface area contributed by atoms with Crippen LogP contribution in [0.1, 0.15) is 18.4 Å². The zero-order chi connectivity index (χ0) is 18.2. The van der Waals surface area contributed by atoms with Crippen LogP contribution in [0.4, 0.5) is 13.2 Å². The number of benzene rings is 1. The highest BCUT2D eigenvalue weighted by atomic mass is 19.4. The molecule has 0 aromatic heterocycles. The lowest BCUT2D eigenvalue weighted by molar-refractivity contribution is -0.143. The van der Waals surface area contributed by atoms with Crippen molar-refractivity contribution in [2.75, 3.05) is 19.7 Å². The lowest BCUT2D eigenvalue weighted by Crippen LogP contribution is -2.34. The molecule has 1 aliphatic carbocycles. The summed E-state index contributed by atoms with van der Waals surface area (Å²) in [5.74, 6) is -2.20. The maximum Gasteiger partial charge on any atom is 0.419 e. The van der Waals surface area contributed by atoms with E-state index in [0.29, 0.717) is 12.5 Å². The van der Waals surface area contributed by atoms with E-state index in [2.05, 4.69) is 0 Å². The number of amides is 1. The normalized spacial score (nSPS) is 23.6. The molecule has 1 amide bonds. The predicted molar refractivity (Wildman–Crippen MR) is 80.9 cm³/mol. The molecule has 1 heterocycles. The highest BCUT2D eigenvalue weighted by Gasteiger charge is 2.46. The Morgan fingerprint density at radius 1 is 1.20 bits per heavy atom. The topological polar surface area (TPSA) is 66.8 Å². The summed E-state index contributed by atoms with van der Waals surface area (Å²) in [6.45, 7) is -0.138. The van der Waals surface area contributed by atoms with Crippen LogP contribution in [0.2, 0.25) is 0 Å². The van der Waals surface area contributed by atoms with E-state index in [9.17, 15) is 27.9 Å². The number of carboxylic acid groups (broad SMARTS) is 1. The van der Waals surface area contributed by atoms with Crippen molar-refractivity contribution in [3.8, 4) is 5.75 Å². The molecule has 0 bridgehead atoms. The van der Waals surface area contributed by atoms with Gasteiger partial charge in [-0.3, -0.25) is 9.59 Å². The summed E-state index contributed by atoms with van der Waals surface area (Å²) in [4.78, 5) is 25.0. The van der Waals surface area contributed by atoms with Crippen molar-refractivity contribution in [3.05, 3.63) is 29.8 Å². The number of halogens is 3. The van der Waals surface area contributed by atoms with Crippen LogP contribution in [0.3, 0.4) is 0 Å². The molecule has 2 fully saturated rings. The second kappa shape index (κ2) is 6.57. The Morgan fingerprint density at radius 2 is 1.88 bits per heavy atom. The van der Waals surface area contributed by atoms with Gasteiger partial charge in [0, 0.05) is 13.1 Å². The van der Waals surface area contributed by atoms with Crippen molar-refractivity contribution in [2.45, 2.75) is 19.0 Å². The van der Waals surface area contributed by atoms with Gasteiger partial charge < -0.3 is 14.7 Å². The molecule has 1 N–H and O–H groups in total. The van der Waals surface area contributed by atoms with Crippen LogP contribution in [-0.2, 0) is 15.8 Å². The van der Waals surface area contributed by atoms with Crippen molar-refractivity contribution in [1.29, 1.82) is 0 Å². The van der Waals surface area contributed by atoms with E-state index < -0.39 is 41.9 Å². The number of rotatable bonds is 5. The molecule has 25 heavy (non-hydrogen) atoms. The van der Waals surface area contributed by atoms with Gasteiger partial charge in [-0.05, 0) is 36.8 Å². The molecule has 2 aliphatic rings. The first-order chi connectivity index (χ1) is 11.8. The number of nitrogens with zero attached hydrogens (tertiary/aromatic N) is 1. The Bertz CT molecular complexity index is 672. The molecule has 0 spiro atoms. The standard InChI is InChI=1S/C17H18F3NO4/c18-17(19,20)13-3-1-2-4-14(13)25-9-15(22)21-7-11(10-5-6-10)12(8-21)16(23)24/h1-4,10-12H,5-9H2,(H,23,24)/t11-,12+/m1/s1. The molecule has 2 atom stereocenters. The number of hydrogen-bond acceptors (Lipinski definition) is 3. The van der Waals surface area contributed by atoms with E-state index in [-0.39, 0.29) is 12.5 Å². The number of alkyl halides is 3. The molecule has 1 aromatic carbocycles. The third-order valence-corrected chi connectivity index (χ3v) is 4.81. The summed E-state index contributed by atoms with van der Waals surface area (Å²) in [5, 5.41) is 9.30. The van der Waals surface area contributed by atoms with Crippen molar-refractivity contribution in [2.24, 2.45) is 17.8 Å². The fourth-order valence-corrected chi connectivity index (χ4v) is 3.35. The lowest BCUT2D eigenvalue weighted by Gasteiger charge is -2.18. The van der Waals surface area contributed by atoms with Crippen LogP contribution >= 0.6 is 0 Å². The van der Waals surface area contributed by atoms with Crippen molar-refractivity contribution < 1.29 is 32.6 Å². The predicted octanol–water partition coefficient (Wildman–Crippen LogP) is 2.65. The van der Waals surface area contributed by atoms with Crippen molar-refractivity contribution in [3.63, 3.8) is 0 Å². The second-order valence-corrected chi connectivity index (χ2v) is 6.53. The number of ether oxygens (including phenoxy) is 1. The van der Waals surface area contributed by atoms with Crippen LogP contribution < -0.4 is 4.74 Å². The molecule has 1 aromatic rings. The number of hydrogen-bond donors (Lipinski definition) is 1. The second-order valence-electron chi connectivity index (χ2n) is 6.53. The highest BCUT2D eigenvalue weighted by molar-refractivity contribution is 5.80. The molecule has 8 heteroatoms. The molecule has 0 unspecified atom stereocenters. The maximum atomic E-state index is 12.9. The first kappa shape index (κ1) is 17.6. The van der Waals surface area contributed by atoms with Gasteiger partial charge in [-0.1, -0.05) is 12.1 Å². The van der Waals surface area contributed by atoms with E-state index in [1.165, 1.54) is 17.0 Å². The number of carbonyl (C=O) groups excluding carboxylic acids is 1. The summed E-state index contributed by atoms with van der Waals surface area (Å²) in [5.41, 5.74) is -0.941. The average molecular weight is 357 g/mol. The van der Waals surface area contributed by atoms with E-state index >= 15 is 0 Å². The largest absolute Gasteiger partial charge is 0.483 e. The van der Waals surface area contributed by atoms with Crippen LogP contribution in [-0.4, -0.2) is 41.6 Å². The molecule has 136 valence electrons. The van der Waals surface area contributed by atoms with E-state index in [0.717, 1.165) is 25.0 Å². The third-order valence-electron chi connectivity index (χ3n) is 4.81. The van der Waals surface area contributed by atoms with Crippen LogP contribution in [0.15, 0.2) is 24.3 Å². The maximum absolute atomic E-state index is 12.9. The van der Waals surface area contributed by atoms with Gasteiger partial charge in [-0.25, -0.2) is 0 Å². The Hall–Kier alpha value is -2.25. The summed E-state index contributed by atoms with van der Waals surface area (Å²) in [7, 11) is 0. The Labute approximate surface area is 142 Å². The molecular weight excluding hydrogens is 339 g/mol. The minimum Gasteiger partial charge on any atom is -0.483 e. The van der Waals surface area contributed by atoms with Crippen molar-refractivity contribution in [1.82, 2.24) is 4.90 Å². The fraction of sp³-hybridized carbons (Fsp3) is 0.529. The zero-order valence-electron chi connectivity index (χ0n) is 13.3. The molecule has 5 nitrogen and oxygen atoms in total. The van der Waals surface area contributed by atoms with E-state index in [4.69, 9.17) is 4.74 Å². The number of carboxylic acids is 1. The molecular formula is C17H18F3NO4. The third kappa shape index (κ3) is 3.88. The Balaban J connectivity index is 1.63. The van der Waals surface area contributed by atoms with Crippen LogP contribution in [0.5, 0.6) is 5.75 Å². The van der Waals surface area contributed by atoms with Gasteiger partial charge in [0.25, 0.3) is 5.91 Å². The van der Waals surface area contributed by atoms with E-state index in [1.54, 1.807) is 0 Å². The SMILES string of the molecule is O=C(O)[C@H]1CN(C(=O)COc2ccccc2C(F)(F)F)C[C@@H]1C1CC1. The van der Waals surface area contributed by atoms with E-state index in [1.807, 2.05) is 0 Å². The Morgan fingerprint density at radius 3 is 2.48 bits per heavy atom. The molecule has 1 aliphatic heterocycles. The summed E-state index contributed by atoms with van der Waals surface area (Å²) >= 11 is 0. The number of likely N-dealkylation sites (tertiary alicyclic amines) is 1. The van der Waals surface area contributed by atoms with Gasteiger partial charge in [-0.15, -0.1) is 0 Å². The Kier molecular flexibility index (Phi) is 4.62. The highest BCUT2D eigenvalue weighted by Crippen LogP contribution is 2.44. The monoisotopic (exact) mass is 357 g/mol. The van der Waals surface area contributed by atoms with Gasteiger partial charge in [0.2, 0.25) is 0 Å². The minimum absolute atomic E-state index is 0.0797. The van der Waals surface area contributed by atoms with Gasteiger partial charge >= 0.3 is 12.1 Å². The minimum atomic E-state index is -4.57. The quantitative estimate of drug-likeness (QED) is 0.880. The zero-order valence-corrected chi connectivity index (χ0v) is 13.3. The molecule has 3 rings (SSSR count). The van der Waals surface area contributed by atoms with Gasteiger partial charge in [0.1, 0.15) is 5.75 Å². The molecule has 1 saturated carbocycles. The molecule has 1 saturated heterocycles. The summed E-state index contributed by atoms with van der Waals surface area (Å²) in [6, 6.07) is 4.69. The number of para-hydroxylation sites is 1. The molecule has 0 radical (unpaired) electrons. The van der Waals surface area contributed by atoms with Crippen molar-refractivity contribution >= 4 is 11.9 Å². The first-order valence-corrected chi connectivity index (χ1v) is 8.07. The smallest absolute Gasteiger partial charge is 0.419 e. The number of carbonyl (C=O) groups is 2. The fourth-order valence-electron chi connectivity index (χ4n) is 3.35. The summed E-state index contributed by atoms with van der Waals surface area (Å²) in [6.07, 6.45) is -2.64. The number of aliphatic carboxylic acids is 1. The first-order valence-electron chi connectivity index (χ1n) is 8.07.